The first kappa shape index (κ1) is 28.3. The average Bonchev–Trinajstić information content (AvgIpc) is 3.29. The van der Waals surface area contributed by atoms with Gasteiger partial charge in [-0.15, -0.1) is 12.4 Å². The van der Waals surface area contributed by atoms with Crippen LogP contribution >= 0.6 is 24.0 Å². The summed E-state index contributed by atoms with van der Waals surface area (Å²) in [6, 6.07) is 23.1. The number of benzene rings is 3. The molecule has 0 fully saturated rings. The average molecular weight is 548 g/mol. The zero-order valence-electron chi connectivity index (χ0n) is 20.2. The molecule has 4 rings (SSSR count). The largest absolute Gasteiger partial charge is 0.418 e. The maximum Gasteiger partial charge on any atom is 0.418 e. The van der Waals surface area contributed by atoms with Crippen molar-refractivity contribution in [1.82, 2.24) is 14.8 Å². The highest BCUT2D eigenvalue weighted by molar-refractivity contribution is 6.34. The Morgan fingerprint density at radius 1 is 0.892 bits per heavy atom. The molecule has 0 bridgehead atoms. The van der Waals surface area contributed by atoms with E-state index in [9.17, 15) is 18.0 Å². The topological polar surface area (TPSA) is 37.3 Å². The van der Waals surface area contributed by atoms with Crippen molar-refractivity contribution >= 4 is 29.9 Å². The number of hydrogen-bond donors (Lipinski definition) is 1. The molecule has 194 valence electrons. The Balaban J connectivity index is 0.00000380. The van der Waals surface area contributed by atoms with Crippen LogP contribution in [0.5, 0.6) is 0 Å². The minimum absolute atomic E-state index is 0. The molecule has 1 heterocycles. The van der Waals surface area contributed by atoms with Crippen molar-refractivity contribution < 1.29 is 18.0 Å². The molecule has 4 aromatic rings. The van der Waals surface area contributed by atoms with E-state index in [4.69, 9.17) is 11.6 Å². The second-order valence-electron chi connectivity index (χ2n) is 8.57. The number of halogens is 5. The molecule has 0 aliphatic carbocycles. The fourth-order valence-corrected chi connectivity index (χ4v) is 4.28. The molecule has 1 N–H and O–H groups in total. The molecule has 1 aromatic heterocycles. The lowest BCUT2D eigenvalue weighted by atomic mass is 10.1. The summed E-state index contributed by atoms with van der Waals surface area (Å²) in [5.41, 5.74) is 2.04. The molecule has 0 aliphatic rings. The van der Waals surface area contributed by atoms with Crippen molar-refractivity contribution in [2.75, 3.05) is 27.2 Å². The quantitative estimate of drug-likeness (QED) is 0.265. The monoisotopic (exact) mass is 547 g/mol. The minimum atomic E-state index is -4.54. The van der Waals surface area contributed by atoms with Gasteiger partial charge in [0, 0.05) is 18.7 Å². The fraction of sp³-hybridized carbons (Fsp3) is 0.179. The Hall–Kier alpha value is -3.26. The number of rotatable bonds is 7. The van der Waals surface area contributed by atoms with E-state index in [-0.39, 0.29) is 29.0 Å². The molecule has 0 unspecified atom stereocenters. The van der Waals surface area contributed by atoms with Gasteiger partial charge in [0.15, 0.2) is 0 Å². The van der Waals surface area contributed by atoms with Crippen molar-refractivity contribution in [3.8, 4) is 28.2 Å². The van der Waals surface area contributed by atoms with Crippen LogP contribution in [0.1, 0.15) is 15.9 Å². The number of para-hydroxylation sites is 1. The zero-order valence-corrected chi connectivity index (χ0v) is 21.8. The molecule has 37 heavy (non-hydrogen) atoms. The van der Waals surface area contributed by atoms with Gasteiger partial charge in [-0.3, -0.25) is 4.79 Å². The van der Waals surface area contributed by atoms with Gasteiger partial charge in [0.1, 0.15) is 0 Å². The standard InChI is InChI=1S/C28H25ClF3N3O.ClH/c1-34(2)17-16-33-27(36)21-13-12-20(18-23(21)29)25-15-14-24(19-8-4-3-5-9-19)35(25)26-11-7-6-10-22(26)28(30,31)32;/h3-15,18H,16-17H2,1-2H3,(H,33,36);1H. The summed E-state index contributed by atoms with van der Waals surface area (Å²) >= 11 is 6.48. The molecule has 3 aromatic carbocycles. The lowest BCUT2D eigenvalue weighted by Crippen LogP contribution is -2.31. The number of hydrogen-bond acceptors (Lipinski definition) is 2. The van der Waals surface area contributed by atoms with Crippen LogP contribution in [0.4, 0.5) is 13.2 Å². The van der Waals surface area contributed by atoms with E-state index in [1.165, 1.54) is 12.1 Å². The highest BCUT2D eigenvalue weighted by atomic mass is 35.5. The third kappa shape index (κ3) is 6.36. The molecular weight excluding hydrogens is 522 g/mol. The van der Waals surface area contributed by atoms with Crippen LogP contribution in [0.3, 0.4) is 0 Å². The van der Waals surface area contributed by atoms with Gasteiger partial charge in [-0.05, 0) is 56.1 Å². The predicted octanol–water partition coefficient (Wildman–Crippen LogP) is 7.20. The van der Waals surface area contributed by atoms with Crippen LogP contribution in [-0.4, -0.2) is 42.6 Å². The molecule has 0 atom stereocenters. The SMILES string of the molecule is CN(C)CCNC(=O)c1ccc(-c2ccc(-c3ccccc3)n2-c2ccccc2C(F)(F)F)cc1Cl.Cl. The molecule has 0 radical (unpaired) electrons. The number of amides is 1. The van der Waals surface area contributed by atoms with E-state index in [0.29, 0.717) is 35.6 Å². The highest BCUT2D eigenvalue weighted by Gasteiger charge is 2.34. The van der Waals surface area contributed by atoms with Crippen LogP contribution in [0.15, 0.2) is 84.9 Å². The molecule has 0 aliphatic heterocycles. The first-order chi connectivity index (χ1) is 17.2. The van der Waals surface area contributed by atoms with Gasteiger partial charge in [-0.1, -0.05) is 60.1 Å². The van der Waals surface area contributed by atoms with Crippen LogP contribution in [0, 0.1) is 0 Å². The van der Waals surface area contributed by atoms with Crippen molar-refractivity contribution in [3.05, 3.63) is 101 Å². The Bertz CT molecular complexity index is 1370. The molecule has 0 spiro atoms. The zero-order chi connectivity index (χ0) is 25.9. The van der Waals surface area contributed by atoms with Gasteiger partial charge in [-0.2, -0.15) is 13.2 Å². The summed E-state index contributed by atoms with van der Waals surface area (Å²) in [5, 5.41) is 3.04. The summed E-state index contributed by atoms with van der Waals surface area (Å²) < 4.78 is 43.5. The maximum atomic E-state index is 14.0. The van der Waals surface area contributed by atoms with E-state index in [1.807, 2.05) is 49.3 Å². The highest BCUT2D eigenvalue weighted by Crippen LogP contribution is 2.39. The summed E-state index contributed by atoms with van der Waals surface area (Å²) in [6.07, 6.45) is -4.54. The third-order valence-electron chi connectivity index (χ3n) is 5.75. The fourth-order valence-electron chi connectivity index (χ4n) is 4.01. The van der Waals surface area contributed by atoms with Gasteiger partial charge in [-0.25, -0.2) is 0 Å². The molecule has 1 amide bonds. The van der Waals surface area contributed by atoms with E-state index in [1.54, 1.807) is 41.0 Å². The lowest BCUT2D eigenvalue weighted by Gasteiger charge is -2.19. The normalized spacial score (nSPS) is 11.3. The van der Waals surface area contributed by atoms with Crippen LogP contribution in [-0.2, 0) is 6.18 Å². The Morgan fingerprint density at radius 2 is 1.51 bits per heavy atom. The van der Waals surface area contributed by atoms with Crippen molar-refractivity contribution in [1.29, 1.82) is 0 Å². The maximum absolute atomic E-state index is 14.0. The van der Waals surface area contributed by atoms with E-state index >= 15 is 0 Å². The smallest absolute Gasteiger partial charge is 0.351 e. The van der Waals surface area contributed by atoms with E-state index in [2.05, 4.69) is 5.32 Å². The molecule has 9 heteroatoms. The Morgan fingerprint density at radius 3 is 2.14 bits per heavy atom. The first-order valence-electron chi connectivity index (χ1n) is 11.3. The number of carbonyl (C=O) groups is 1. The molecule has 4 nitrogen and oxygen atoms in total. The van der Waals surface area contributed by atoms with E-state index < -0.39 is 11.7 Å². The summed E-state index contributed by atoms with van der Waals surface area (Å²) in [6.45, 7) is 1.14. The molecule has 0 saturated carbocycles. The Kier molecular flexibility index (Phi) is 9.07. The van der Waals surface area contributed by atoms with Crippen LogP contribution in [0.25, 0.3) is 28.2 Å². The van der Waals surface area contributed by atoms with Crippen molar-refractivity contribution in [2.45, 2.75) is 6.18 Å². The summed E-state index contributed by atoms with van der Waals surface area (Å²) in [5.74, 6) is -0.309. The van der Waals surface area contributed by atoms with Gasteiger partial charge in [0.2, 0.25) is 0 Å². The second kappa shape index (κ2) is 11.9. The summed E-state index contributed by atoms with van der Waals surface area (Å²) in [7, 11) is 3.81. The third-order valence-corrected chi connectivity index (χ3v) is 6.07. The molecular formula is C28H26Cl2F3N3O. The first-order valence-corrected chi connectivity index (χ1v) is 11.7. The van der Waals surface area contributed by atoms with Gasteiger partial charge in [0.05, 0.1) is 33.2 Å². The van der Waals surface area contributed by atoms with Crippen molar-refractivity contribution in [3.63, 3.8) is 0 Å². The number of aromatic nitrogens is 1. The van der Waals surface area contributed by atoms with Crippen molar-refractivity contribution in [2.24, 2.45) is 0 Å². The van der Waals surface area contributed by atoms with Gasteiger partial charge in [0.25, 0.3) is 5.91 Å². The number of alkyl halides is 3. The second-order valence-corrected chi connectivity index (χ2v) is 8.98. The van der Waals surface area contributed by atoms with Gasteiger partial charge >= 0.3 is 6.18 Å². The predicted molar refractivity (Wildman–Crippen MR) is 145 cm³/mol. The van der Waals surface area contributed by atoms with Gasteiger partial charge < -0.3 is 14.8 Å². The summed E-state index contributed by atoms with van der Waals surface area (Å²) in [4.78, 5) is 14.5. The van der Waals surface area contributed by atoms with Crippen LogP contribution < -0.4 is 5.32 Å². The Labute approximate surface area is 225 Å². The lowest BCUT2D eigenvalue weighted by molar-refractivity contribution is -0.137. The van der Waals surface area contributed by atoms with E-state index in [0.717, 1.165) is 11.6 Å². The van der Waals surface area contributed by atoms with Crippen LogP contribution in [0.2, 0.25) is 5.02 Å². The number of nitrogens with zero attached hydrogens (tertiary/aromatic N) is 2. The number of nitrogens with one attached hydrogen (secondary N) is 1. The number of carbonyl (C=O) groups excluding carboxylic acids is 1. The molecule has 0 saturated heterocycles. The minimum Gasteiger partial charge on any atom is -0.351 e. The number of likely N-dealkylation sites (N-methyl/N-ethyl adjacent to an activating group) is 1.